The molecule has 0 radical (unpaired) electrons. The fraction of sp³-hybridized carbons (Fsp3) is 0.310. The van der Waals surface area contributed by atoms with Gasteiger partial charge in [-0.1, -0.05) is 6.07 Å². The number of hydrogen-bond donors (Lipinski definition) is 2. The highest BCUT2D eigenvalue weighted by Gasteiger charge is 2.38. The monoisotopic (exact) mass is 596 g/mol. The van der Waals surface area contributed by atoms with Crippen molar-refractivity contribution in [1.82, 2.24) is 24.6 Å². The lowest BCUT2D eigenvalue weighted by Crippen LogP contribution is -2.36. The maximum atomic E-state index is 11.3. The molecule has 6 rings (SSSR count). The molecule has 11 nitrogen and oxygen atoms in total. The number of rotatable bonds is 5. The number of pyridine rings is 2. The number of carbonyl (C=O) groups is 2. The number of carboxylic acids is 2. The van der Waals surface area contributed by atoms with E-state index in [9.17, 15) is 23.1 Å². The summed E-state index contributed by atoms with van der Waals surface area (Å²) in [6.45, 7) is 2.89. The number of aromatic carboxylic acids is 1. The van der Waals surface area contributed by atoms with Crippen LogP contribution in [0.3, 0.4) is 0 Å². The number of alkyl halides is 3. The summed E-state index contributed by atoms with van der Waals surface area (Å²) in [5.41, 5.74) is 7.32. The number of nitrogens with zero attached hydrogens (tertiary/aromatic N) is 6. The number of halogens is 3. The number of aromatic nitrogens is 5. The molecule has 2 aliphatic rings. The van der Waals surface area contributed by atoms with Crippen LogP contribution in [0.5, 0.6) is 0 Å². The van der Waals surface area contributed by atoms with Gasteiger partial charge in [-0.05, 0) is 67.7 Å². The molecular weight excluding hydrogens is 569 g/mol. The van der Waals surface area contributed by atoms with Crippen molar-refractivity contribution in [2.24, 2.45) is 0 Å². The average molecular weight is 597 g/mol. The van der Waals surface area contributed by atoms with E-state index in [1.54, 1.807) is 18.5 Å². The van der Waals surface area contributed by atoms with Crippen LogP contribution in [-0.2, 0) is 22.4 Å². The van der Waals surface area contributed by atoms with Gasteiger partial charge in [0, 0.05) is 30.5 Å². The summed E-state index contributed by atoms with van der Waals surface area (Å²) >= 11 is 0. The van der Waals surface area contributed by atoms with E-state index < -0.39 is 18.1 Å². The van der Waals surface area contributed by atoms with Gasteiger partial charge >= 0.3 is 18.1 Å². The zero-order valence-corrected chi connectivity index (χ0v) is 22.8. The summed E-state index contributed by atoms with van der Waals surface area (Å²) in [7, 11) is 0. The van der Waals surface area contributed by atoms with Gasteiger partial charge in [0.15, 0.2) is 5.65 Å². The van der Waals surface area contributed by atoms with Crippen LogP contribution in [0.15, 0.2) is 42.7 Å². The maximum absolute atomic E-state index is 11.3. The van der Waals surface area contributed by atoms with Gasteiger partial charge in [0.25, 0.3) is 0 Å². The van der Waals surface area contributed by atoms with Gasteiger partial charge in [-0.3, -0.25) is 4.98 Å². The van der Waals surface area contributed by atoms with Crippen LogP contribution in [0.4, 0.5) is 18.9 Å². The molecule has 43 heavy (non-hydrogen) atoms. The highest BCUT2D eigenvalue weighted by Crippen LogP contribution is 2.31. The van der Waals surface area contributed by atoms with Gasteiger partial charge in [-0.15, -0.1) is 0 Å². The average Bonchev–Trinajstić information content (AvgIpc) is 3.39. The Labute approximate surface area is 243 Å². The molecule has 14 heteroatoms. The molecule has 0 bridgehead atoms. The summed E-state index contributed by atoms with van der Waals surface area (Å²) in [6.07, 6.45) is 6.69. The van der Waals surface area contributed by atoms with Crippen molar-refractivity contribution < 1.29 is 37.7 Å². The highest BCUT2D eigenvalue weighted by atomic mass is 19.4. The van der Waals surface area contributed by atoms with E-state index in [0.29, 0.717) is 18.9 Å². The van der Waals surface area contributed by atoms with Gasteiger partial charge in [-0.25, -0.2) is 24.1 Å². The third-order valence-electron chi connectivity index (χ3n) is 6.99. The van der Waals surface area contributed by atoms with Gasteiger partial charge in [0.2, 0.25) is 0 Å². The summed E-state index contributed by atoms with van der Waals surface area (Å²) in [4.78, 5) is 36.5. The molecule has 224 valence electrons. The molecule has 1 aliphatic heterocycles. The fourth-order valence-electron chi connectivity index (χ4n) is 4.91. The van der Waals surface area contributed by atoms with Crippen molar-refractivity contribution in [2.75, 3.05) is 31.2 Å². The highest BCUT2D eigenvalue weighted by molar-refractivity contribution is 5.87. The van der Waals surface area contributed by atoms with Gasteiger partial charge in [0.05, 0.1) is 36.5 Å². The van der Waals surface area contributed by atoms with Crippen molar-refractivity contribution in [1.29, 1.82) is 0 Å². The number of anilines is 1. The lowest BCUT2D eigenvalue weighted by molar-refractivity contribution is -0.192. The summed E-state index contributed by atoms with van der Waals surface area (Å²) in [5.74, 6) is -3.82. The SMILES string of the molecule is O=C(O)C(F)(F)F.O=C(O)c1ccc(-c2c(/C=C/c3ccc4c(n3)CCCC4)nc3c(N4CCOCC4)ccnn23)cn1. The Kier molecular flexibility index (Phi) is 8.66. The number of ether oxygens (including phenoxy) is 1. The largest absolute Gasteiger partial charge is 0.490 e. The molecule has 0 amide bonds. The zero-order chi connectivity index (χ0) is 30.6. The summed E-state index contributed by atoms with van der Waals surface area (Å²) < 4.78 is 39.1. The molecule has 2 N–H and O–H groups in total. The molecule has 4 aromatic rings. The van der Waals surface area contributed by atoms with Crippen LogP contribution in [0, 0.1) is 0 Å². The van der Waals surface area contributed by atoms with Crippen LogP contribution >= 0.6 is 0 Å². The number of imidazole rings is 1. The van der Waals surface area contributed by atoms with Crippen LogP contribution in [0.25, 0.3) is 29.1 Å². The van der Waals surface area contributed by atoms with E-state index in [4.69, 9.17) is 24.6 Å². The smallest absolute Gasteiger partial charge is 0.477 e. The van der Waals surface area contributed by atoms with E-state index in [-0.39, 0.29) is 5.69 Å². The molecule has 0 spiro atoms. The van der Waals surface area contributed by atoms with Crippen molar-refractivity contribution in [3.05, 3.63) is 71.1 Å². The predicted octanol–water partition coefficient (Wildman–Crippen LogP) is 4.40. The minimum absolute atomic E-state index is 0.00936. The summed E-state index contributed by atoms with van der Waals surface area (Å²) in [6, 6.07) is 9.45. The first-order valence-corrected chi connectivity index (χ1v) is 13.5. The van der Waals surface area contributed by atoms with E-state index >= 15 is 0 Å². The molecule has 0 aromatic carbocycles. The van der Waals surface area contributed by atoms with Crippen LogP contribution in [-0.4, -0.2) is 79.2 Å². The fourth-order valence-corrected chi connectivity index (χ4v) is 4.91. The van der Waals surface area contributed by atoms with E-state index in [2.05, 4.69) is 27.1 Å². The van der Waals surface area contributed by atoms with Gasteiger partial charge < -0.3 is 19.8 Å². The zero-order valence-electron chi connectivity index (χ0n) is 22.8. The van der Waals surface area contributed by atoms with Crippen molar-refractivity contribution in [2.45, 2.75) is 31.9 Å². The quantitative estimate of drug-likeness (QED) is 0.340. The minimum atomic E-state index is -5.08. The second-order valence-corrected chi connectivity index (χ2v) is 9.82. The number of fused-ring (bicyclic) bond motifs is 2. The Balaban J connectivity index is 0.000000472. The molecule has 1 aliphatic carbocycles. The minimum Gasteiger partial charge on any atom is -0.477 e. The maximum Gasteiger partial charge on any atom is 0.490 e. The van der Waals surface area contributed by atoms with Gasteiger partial charge in [0.1, 0.15) is 11.4 Å². The third-order valence-corrected chi connectivity index (χ3v) is 6.99. The van der Waals surface area contributed by atoms with Crippen LogP contribution in [0.2, 0.25) is 0 Å². The Bertz CT molecular complexity index is 1660. The Morgan fingerprint density at radius 3 is 2.37 bits per heavy atom. The first-order chi connectivity index (χ1) is 20.6. The second-order valence-electron chi connectivity index (χ2n) is 9.82. The molecular formula is C29H27F3N6O5. The van der Waals surface area contributed by atoms with Gasteiger partial charge in [-0.2, -0.15) is 18.3 Å². The van der Waals surface area contributed by atoms with Crippen molar-refractivity contribution in [3.8, 4) is 11.3 Å². The van der Waals surface area contributed by atoms with Crippen molar-refractivity contribution in [3.63, 3.8) is 0 Å². The van der Waals surface area contributed by atoms with E-state index in [1.165, 1.54) is 30.2 Å². The number of aliphatic carboxylic acids is 1. The van der Waals surface area contributed by atoms with Crippen LogP contribution in [0.1, 0.15) is 46.0 Å². The molecule has 0 atom stereocenters. The molecule has 0 saturated carbocycles. The normalized spacial score (nSPS) is 15.2. The Hall–Kier alpha value is -4.85. The molecule has 1 fully saturated rings. The van der Waals surface area contributed by atoms with Crippen molar-refractivity contribution >= 4 is 35.4 Å². The van der Waals surface area contributed by atoms with Crippen LogP contribution < -0.4 is 4.90 Å². The standard InChI is InChI=1S/C27H26N6O3.C2HF3O2/c34-27(35)23-9-6-19(17-28-23)25-22(10-8-20-7-5-18-3-1-2-4-21(18)30-20)31-26-24(11-12-29-33(25)26)32-13-15-36-16-14-32;3-2(4,5)1(6)7/h5-12,17H,1-4,13-16H2,(H,34,35);(H,6,7)/b10-8+;. The number of aryl methyl sites for hydroxylation is 2. The Morgan fingerprint density at radius 2 is 1.70 bits per heavy atom. The molecule has 4 aromatic heterocycles. The van der Waals surface area contributed by atoms with E-state index in [1.807, 2.05) is 22.7 Å². The Morgan fingerprint density at radius 1 is 0.953 bits per heavy atom. The molecule has 1 saturated heterocycles. The second kappa shape index (κ2) is 12.6. The first kappa shape index (κ1) is 29.6. The van der Waals surface area contributed by atoms with E-state index in [0.717, 1.165) is 54.2 Å². The number of hydrogen-bond acceptors (Lipinski definition) is 8. The summed E-state index contributed by atoms with van der Waals surface area (Å²) in [5, 5.41) is 21.0. The first-order valence-electron chi connectivity index (χ1n) is 13.5. The lowest BCUT2D eigenvalue weighted by Gasteiger charge is -2.28. The molecule has 5 heterocycles. The molecule has 0 unspecified atom stereocenters. The lowest BCUT2D eigenvalue weighted by atomic mass is 9.96. The predicted molar refractivity (Wildman–Crippen MR) is 150 cm³/mol. The third kappa shape index (κ3) is 6.80. The number of morpholine rings is 1. The number of carboxylic acid groups (broad SMARTS) is 2. The topological polar surface area (TPSA) is 143 Å².